The minimum atomic E-state index is -1.96. The quantitative estimate of drug-likeness (QED) is 0.112. The molecule has 6 N–H and O–H groups in total. The van der Waals surface area contributed by atoms with Crippen molar-refractivity contribution >= 4 is 93.6 Å². The number of carbonyl (C=O) groups is 13. The van der Waals surface area contributed by atoms with Gasteiger partial charge in [0.1, 0.15) is 71.8 Å². The van der Waals surface area contributed by atoms with Crippen LogP contribution in [0.4, 0.5) is 5.69 Å². The van der Waals surface area contributed by atoms with E-state index in [-0.39, 0.29) is 47.4 Å². The lowest BCUT2D eigenvalue weighted by Crippen LogP contribution is -2.61. The van der Waals surface area contributed by atoms with Gasteiger partial charge in [-0.2, -0.15) is 0 Å². The SMILES string of the molecule is Cc1c2oc3c(C)ccc(C(=O)N[C@@H]4C(=O)N[C@@H](C(C)C)C(=O)N5CCC[C@H]5C(=O)N(C)CC(=O)N(C)[C@@H](C(C)C)C(=O)O[C@@H]4C)c3nc-2c(C(=O)N[C@@H]2C(=O)N[C@@H](C(C)C)C(=O)N3CC(=O)C[C@H]3C(=O)N(C)CC(=O)N(C)[C@@H](C(C)C)C(=O)O[C@@H]2C)c(N)c1=O. The van der Waals surface area contributed by atoms with E-state index in [1.54, 1.807) is 62.3 Å². The van der Waals surface area contributed by atoms with Gasteiger partial charge in [0.25, 0.3) is 11.8 Å². The Morgan fingerprint density at radius 3 is 1.58 bits per heavy atom. The molecule has 5 aliphatic heterocycles. The summed E-state index contributed by atoms with van der Waals surface area (Å²) in [5.74, 6) is -13.8. The number of aryl methyl sites for hydroxylation is 1. The number of likely N-dealkylation sites (N-methyl/N-ethyl adjacent to an activating group) is 4. The monoisotopic (exact) mass is 1270 g/mol. The van der Waals surface area contributed by atoms with E-state index in [2.05, 4.69) is 21.3 Å². The molecule has 6 aliphatic rings. The maximum absolute atomic E-state index is 15.2. The van der Waals surface area contributed by atoms with Crippen LogP contribution in [0.25, 0.3) is 22.6 Å². The molecule has 7 rings (SSSR count). The van der Waals surface area contributed by atoms with E-state index in [0.717, 1.165) is 19.6 Å². The van der Waals surface area contributed by atoms with Crippen LogP contribution in [0.15, 0.2) is 21.3 Å². The lowest BCUT2D eigenvalue weighted by molar-refractivity contribution is -0.163. The fourth-order valence-corrected chi connectivity index (χ4v) is 12.1. The molecule has 0 spiro atoms. The minimum Gasteiger partial charge on any atom is -0.458 e. The number of benzene rings is 2. The summed E-state index contributed by atoms with van der Waals surface area (Å²) in [6.07, 6.45) is -2.83. The molecule has 0 unspecified atom stereocenters. The van der Waals surface area contributed by atoms with Crippen LogP contribution in [-0.4, -0.2) is 226 Å². The van der Waals surface area contributed by atoms with E-state index in [4.69, 9.17) is 24.6 Å². The highest BCUT2D eigenvalue weighted by molar-refractivity contribution is 6.11. The number of amides is 10. The Kier molecular flexibility index (Phi) is 21.0. The van der Waals surface area contributed by atoms with Crippen molar-refractivity contribution in [1.29, 1.82) is 0 Å². The Bertz CT molecular complexity index is 3510. The smallest absolute Gasteiger partial charge is 0.329 e. The van der Waals surface area contributed by atoms with Gasteiger partial charge in [0.15, 0.2) is 17.1 Å². The maximum atomic E-state index is 15.2. The number of nitrogens with two attached hydrogens (primary N) is 1. The third-order valence-corrected chi connectivity index (χ3v) is 17.4. The molecule has 1 aliphatic carbocycles. The lowest BCUT2D eigenvalue weighted by atomic mass is 9.98. The Hall–Kier alpha value is -9.05. The van der Waals surface area contributed by atoms with Crippen molar-refractivity contribution in [3.05, 3.63) is 44.6 Å². The number of nitrogens with one attached hydrogen (secondary N) is 4. The number of hydrogen-bond acceptors (Lipinski definition) is 19. The van der Waals surface area contributed by atoms with Crippen molar-refractivity contribution in [2.75, 3.05) is 60.1 Å². The Morgan fingerprint density at radius 1 is 0.626 bits per heavy atom. The normalized spacial score (nSPS) is 26.1. The van der Waals surface area contributed by atoms with Gasteiger partial charge in [-0.05, 0) is 75.8 Å². The number of nitrogen functional groups attached to an aromatic ring is 1. The molecule has 10 amide bonds. The van der Waals surface area contributed by atoms with Crippen molar-refractivity contribution in [2.45, 2.75) is 163 Å². The molecule has 1 aromatic carbocycles. The number of fused-ring (bicyclic) bond motifs is 4. The van der Waals surface area contributed by atoms with Gasteiger partial charge in [-0.3, -0.25) is 57.5 Å². The molecule has 10 atom stereocenters. The standard InChI is InChI=1S/C62H84N12O17/c1-26(2)42-59(85)73-21-17-18-36(73)57(83)69(13)24-38(76)71(15)48(28(5)6)61(87)89-32(11)44(55(81)65-42)67-53(79)35-20-19-30(9)51-46(35)64-47-40(41(63)50(78)31(10)52(47)91-51)54(80)68-45-33(12)90-62(88)49(29(7)8)72(16)39(77)25-70(14)58(84)37-22-34(75)23-74(37)60(86)43(27(3)4)66-56(45)82/h19-20,26-29,32-33,36-37,42-45,48-49H,17-18,21-25,63H2,1-16H3,(H,65,81)(H,66,82)(H,67,79)(H,68,80)/t32-,33-,36+,37+,42+,43+,44+,45+,48+,49+/m1/s1. The number of hydrogen-bond donors (Lipinski definition) is 5. The number of ether oxygens (including phenoxy) is 2. The first-order valence-electron chi connectivity index (χ1n) is 30.4. The summed E-state index contributed by atoms with van der Waals surface area (Å²) in [5, 5.41) is 10.5. The van der Waals surface area contributed by atoms with Crippen molar-refractivity contribution < 1.29 is 76.2 Å². The maximum Gasteiger partial charge on any atom is 0.329 e. The van der Waals surface area contributed by atoms with Gasteiger partial charge in [0, 0.05) is 46.7 Å². The second kappa shape index (κ2) is 27.6. The number of aromatic nitrogens is 1. The molecule has 91 heavy (non-hydrogen) atoms. The molecular formula is C62H84N12O17. The summed E-state index contributed by atoms with van der Waals surface area (Å²) < 4.78 is 18.2. The molecule has 4 saturated heterocycles. The van der Waals surface area contributed by atoms with E-state index < -0.39 is 203 Å². The molecule has 1 aromatic rings. The first-order chi connectivity index (χ1) is 42.5. The van der Waals surface area contributed by atoms with Crippen molar-refractivity contribution in [3.8, 4) is 11.5 Å². The van der Waals surface area contributed by atoms with Gasteiger partial charge in [0.2, 0.25) is 52.7 Å². The van der Waals surface area contributed by atoms with Gasteiger partial charge < -0.3 is 70.3 Å². The Balaban J connectivity index is 1.33. The van der Waals surface area contributed by atoms with Crippen LogP contribution < -0.4 is 32.4 Å². The number of ketones is 1. The number of esters is 2. The number of cyclic esters (lactones) is 2. The summed E-state index contributed by atoms with van der Waals surface area (Å²) in [4.78, 5) is 212. The zero-order chi connectivity index (χ0) is 67.8. The molecule has 29 nitrogen and oxygen atoms in total. The highest BCUT2D eigenvalue weighted by Crippen LogP contribution is 2.35. The third kappa shape index (κ3) is 14.0. The largest absolute Gasteiger partial charge is 0.458 e. The van der Waals surface area contributed by atoms with Crippen LogP contribution in [0.5, 0.6) is 0 Å². The van der Waals surface area contributed by atoms with Crippen LogP contribution in [-0.2, 0) is 62.2 Å². The van der Waals surface area contributed by atoms with Crippen LogP contribution >= 0.6 is 0 Å². The number of anilines is 1. The molecule has 4 fully saturated rings. The summed E-state index contributed by atoms with van der Waals surface area (Å²) in [6, 6.07) is -8.65. The van der Waals surface area contributed by atoms with E-state index >= 15 is 9.59 Å². The van der Waals surface area contributed by atoms with Gasteiger partial charge >= 0.3 is 11.9 Å². The molecule has 0 aromatic heterocycles. The first kappa shape index (κ1) is 69.4. The molecule has 0 radical (unpaired) electrons. The van der Waals surface area contributed by atoms with E-state index in [9.17, 15) is 57.5 Å². The van der Waals surface area contributed by atoms with E-state index in [1.807, 2.05) is 0 Å². The van der Waals surface area contributed by atoms with Crippen LogP contribution in [0.2, 0.25) is 0 Å². The minimum absolute atomic E-state index is 0.0979. The van der Waals surface area contributed by atoms with Crippen molar-refractivity contribution in [2.24, 2.45) is 23.7 Å². The molecule has 0 saturated carbocycles. The van der Waals surface area contributed by atoms with Crippen molar-refractivity contribution in [3.63, 3.8) is 0 Å². The first-order valence-corrected chi connectivity index (χ1v) is 30.4. The average molecular weight is 1270 g/mol. The molecule has 0 bridgehead atoms. The predicted octanol–water partition coefficient (Wildman–Crippen LogP) is -0.0954. The van der Waals surface area contributed by atoms with Crippen molar-refractivity contribution in [1.82, 2.24) is 55.7 Å². The molecular weight excluding hydrogens is 1180 g/mol. The van der Waals surface area contributed by atoms with Crippen LogP contribution in [0.3, 0.4) is 0 Å². The fourth-order valence-electron chi connectivity index (χ4n) is 12.1. The highest BCUT2D eigenvalue weighted by atomic mass is 16.6. The second-order valence-corrected chi connectivity index (χ2v) is 25.6. The van der Waals surface area contributed by atoms with Crippen LogP contribution in [0.1, 0.15) is 120 Å². The predicted molar refractivity (Wildman–Crippen MR) is 326 cm³/mol. The summed E-state index contributed by atoms with van der Waals surface area (Å²) in [6.45, 7) is 17.2. The summed E-state index contributed by atoms with van der Waals surface area (Å²) in [5.41, 5.74) is 3.31. The highest BCUT2D eigenvalue weighted by Gasteiger charge is 2.48. The summed E-state index contributed by atoms with van der Waals surface area (Å²) in [7, 11) is 5.41. The Morgan fingerprint density at radius 2 is 1.10 bits per heavy atom. The zero-order valence-electron chi connectivity index (χ0n) is 54.3. The fraction of sp³-hybridized carbons (Fsp3) is 0.597. The second-order valence-electron chi connectivity index (χ2n) is 25.6. The number of rotatable bonds is 8. The zero-order valence-corrected chi connectivity index (χ0v) is 54.3. The van der Waals surface area contributed by atoms with Gasteiger partial charge in [-0.15, -0.1) is 0 Å². The number of carbonyl (C=O) groups excluding carboxylic acids is 13. The number of Topliss-reactive ketones (excluding diaryl/α,β-unsaturated/α-hetero) is 1. The van der Waals surface area contributed by atoms with Gasteiger partial charge in [-0.1, -0.05) is 61.5 Å². The van der Waals surface area contributed by atoms with Gasteiger partial charge in [0.05, 0.1) is 36.4 Å². The average Bonchev–Trinajstić information content (AvgIpc) is 1.68. The third-order valence-electron chi connectivity index (χ3n) is 17.4. The lowest BCUT2D eigenvalue weighted by Gasteiger charge is -2.36. The van der Waals surface area contributed by atoms with E-state index in [1.165, 1.54) is 70.9 Å². The number of nitrogens with zero attached hydrogens (tertiary/aromatic N) is 7. The summed E-state index contributed by atoms with van der Waals surface area (Å²) >= 11 is 0. The van der Waals surface area contributed by atoms with Gasteiger partial charge in [-0.25, -0.2) is 14.6 Å². The molecule has 5 heterocycles. The molecule has 494 valence electrons. The molecule has 29 heteroatoms. The Labute approximate surface area is 526 Å². The van der Waals surface area contributed by atoms with Crippen LogP contribution in [0, 0.1) is 37.5 Å². The topological polar surface area (TPSA) is 377 Å². The van der Waals surface area contributed by atoms with E-state index in [0.29, 0.717) is 12.0 Å².